The number of rotatable bonds is 6. The SMILES string of the molecule is CC(=O)Oc1ccc(NC(=O)COc2ccccc2Cl)c(C(=O)[O-])c1. The maximum absolute atomic E-state index is 12.0. The monoisotopic (exact) mass is 362 g/mol. The Labute approximate surface area is 148 Å². The fourth-order valence-electron chi connectivity index (χ4n) is 1.92. The van der Waals surface area contributed by atoms with Crippen molar-refractivity contribution in [1.82, 2.24) is 0 Å². The molecule has 0 saturated carbocycles. The molecule has 0 aliphatic heterocycles. The minimum atomic E-state index is -1.53. The second-order valence-electron chi connectivity index (χ2n) is 4.86. The van der Waals surface area contributed by atoms with Crippen molar-refractivity contribution in [3.63, 3.8) is 0 Å². The number of hydrogen-bond donors (Lipinski definition) is 1. The van der Waals surface area contributed by atoms with Crippen LogP contribution in [0.25, 0.3) is 0 Å². The summed E-state index contributed by atoms with van der Waals surface area (Å²) in [5.74, 6) is -2.38. The minimum Gasteiger partial charge on any atom is -0.545 e. The summed E-state index contributed by atoms with van der Waals surface area (Å²) in [6.07, 6.45) is 0. The van der Waals surface area contributed by atoms with Crippen molar-refractivity contribution in [1.29, 1.82) is 0 Å². The molecular weight excluding hydrogens is 350 g/mol. The first kappa shape index (κ1) is 18.3. The van der Waals surface area contributed by atoms with Crippen molar-refractivity contribution >= 4 is 35.1 Å². The molecule has 8 heteroatoms. The molecule has 1 N–H and O–H groups in total. The maximum Gasteiger partial charge on any atom is 0.308 e. The third-order valence-corrected chi connectivity index (χ3v) is 3.25. The van der Waals surface area contributed by atoms with E-state index in [2.05, 4.69) is 5.32 Å². The van der Waals surface area contributed by atoms with Gasteiger partial charge in [0.1, 0.15) is 11.5 Å². The van der Waals surface area contributed by atoms with Gasteiger partial charge in [-0.25, -0.2) is 0 Å². The molecule has 0 heterocycles. The molecule has 0 aromatic heterocycles. The highest BCUT2D eigenvalue weighted by molar-refractivity contribution is 6.32. The van der Waals surface area contributed by atoms with Gasteiger partial charge in [0.2, 0.25) is 0 Å². The molecular formula is C17H13ClNO6-. The number of esters is 1. The van der Waals surface area contributed by atoms with Crippen LogP contribution in [-0.4, -0.2) is 24.5 Å². The summed E-state index contributed by atoms with van der Waals surface area (Å²) in [5.41, 5.74) is -0.339. The van der Waals surface area contributed by atoms with E-state index in [0.717, 1.165) is 6.07 Å². The summed E-state index contributed by atoms with van der Waals surface area (Å²) in [5, 5.41) is 14.0. The van der Waals surface area contributed by atoms with Gasteiger partial charge in [0.25, 0.3) is 5.91 Å². The number of ether oxygens (including phenoxy) is 2. The van der Waals surface area contributed by atoms with Crippen LogP contribution in [0.2, 0.25) is 5.02 Å². The van der Waals surface area contributed by atoms with E-state index in [-0.39, 0.29) is 23.6 Å². The van der Waals surface area contributed by atoms with Crippen LogP contribution in [0.15, 0.2) is 42.5 Å². The zero-order valence-corrected chi connectivity index (χ0v) is 13.8. The van der Waals surface area contributed by atoms with Crippen molar-refractivity contribution in [3.8, 4) is 11.5 Å². The number of para-hydroxylation sites is 1. The molecule has 0 spiro atoms. The number of nitrogens with one attached hydrogen (secondary N) is 1. The molecule has 0 atom stereocenters. The first-order chi connectivity index (χ1) is 11.9. The van der Waals surface area contributed by atoms with Gasteiger partial charge in [-0.15, -0.1) is 0 Å². The zero-order chi connectivity index (χ0) is 18.4. The number of carboxylic acid groups (broad SMARTS) is 1. The predicted molar refractivity (Wildman–Crippen MR) is 87.7 cm³/mol. The molecule has 0 unspecified atom stereocenters. The molecule has 0 saturated heterocycles. The lowest BCUT2D eigenvalue weighted by Gasteiger charge is -2.14. The molecule has 130 valence electrons. The molecule has 0 fully saturated rings. The first-order valence-electron chi connectivity index (χ1n) is 7.08. The summed E-state index contributed by atoms with van der Waals surface area (Å²) in [4.78, 5) is 34.1. The van der Waals surface area contributed by atoms with E-state index < -0.39 is 17.8 Å². The maximum atomic E-state index is 12.0. The molecule has 2 aromatic carbocycles. The number of amides is 1. The highest BCUT2D eigenvalue weighted by Crippen LogP contribution is 2.24. The average molecular weight is 363 g/mol. The molecule has 0 aliphatic carbocycles. The molecule has 0 bridgehead atoms. The highest BCUT2D eigenvalue weighted by Gasteiger charge is 2.11. The van der Waals surface area contributed by atoms with Crippen molar-refractivity contribution < 1.29 is 29.0 Å². The van der Waals surface area contributed by atoms with E-state index >= 15 is 0 Å². The number of halogens is 1. The Hall–Kier alpha value is -3.06. The summed E-state index contributed by atoms with van der Waals surface area (Å²) in [6.45, 7) is 0.808. The molecule has 0 radical (unpaired) electrons. The van der Waals surface area contributed by atoms with E-state index in [1.165, 1.54) is 19.1 Å². The van der Waals surface area contributed by atoms with Crippen LogP contribution in [0.3, 0.4) is 0 Å². The van der Waals surface area contributed by atoms with Crippen molar-refractivity contribution in [2.24, 2.45) is 0 Å². The molecule has 25 heavy (non-hydrogen) atoms. The Morgan fingerprint density at radius 2 is 1.88 bits per heavy atom. The Morgan fingerprint density at radius 1 is 1.16 bits per heavy atom. The van der Waals surface area contributed by atoms with Gasteiger partial charge in [-0.05, 0) is 30.3 Å². The van der Waals surface area contributed by atoms with Gasteiger partial charge in [-0.3, -0.25) is 9.59 Å². The van der Waals surface area contributed by atoms with Gasteiger partial charge >= 0.3 is 5.97 Å². The lowest BCUT2D eigenvalue weighted by molar-refractivity contribution is -0.254. The van der Waals surface area contributed by atoms with Crippen LogP contribution in [0.1, 0.15) is 17.3 Å². The number of anilines is 1. The summed E-state index contributed by atoms with van der Waals surface area (Å²) in [7, 11) is 0. The fraction of sp³-hybridized carbons (Fsp3) is 0.118. The molecule has 7 nitrogen and oxygen atoms in total. The first-order valence-corrected chi connectivity index (χ1v) is 7.45. The highest BCUT2D eigenvalue weighted by atomic mass is 35.5. The van der Waals surface area contributed by atoms with Gasteiger partial charge in [0.15, 0.2) is 6.61 Å². The second kappa shape index (κ2) is 8.16. The zero-order valence-electron chi connectivity index (χ0n) is 13.1. The summed E-state index contributed by atoms with van der Waals surface area (Å²) >= 11 is 5.91. The largest absolute Gasteiger partial charge is 0.545 e. The van der Waals surface area contributed by atoms with Crippen LogP contribution in [0, 0.1) is 0 Å². The minimum absolute atomic E-state index is 0.0105. The van der Waals surface area contributed by atoms with Crippen LogP contribution in [-0.2, 0) is 9.59 Å². The Morgan fingerprint density at radius 3 is 2.52 bits per heavy atom. The van der Waals surface area contributed by atoms with Crippen LogP contribution >= 0.6 is 11.6 Å². The third-order valence-electron chi connectivity index (χ3n) is 2.94. The third kappa shape index (κ3) is 5.22. The summed E-state index contributed by atoms with van der Waals surface area (Å²) in [6, 6.07) is 10.3. The standard InChI is InChI=1S/C17H14ClNO6/c1-10(20)25-11-6-7-14(12(8-11)17(22)23)19-16(21)9-24-15-5-3-2-4-13(15)18/h2-8H,9H2,1H3,(H,19,21)(H,22,23)/p-1. The van der Waals surface area contributed by atoms with Gasteiger partial charge < -0.3 is 24.7 Å². The number of carbonyl (C=O) groups excluding carboxylic acids is 3. The molecule has 0 aliphatic rings. The van der Waals surface area contributed by atoms with Gasteiger partial charge in [0.05, 0.1) is 16.7 Å². The van der Waals surface area contributed by atoms with Crippen molar-refractivity contribution in [3.05, 3.63) is 53.1 Å². The van der Waals surface area contributed by atoms with E-state index in [1.54, 1.807) is 24.3 Å². The lowest BCUT2D eigenvalue weighted by atomic mass is 10.1. The Kier molecular flexibility index (Phi) is 5.97. The molecule has 2 rings (SSSR count). The number of benzene rings is 2. The van der Waals surface area contributed by atoms with Crippen LogP contribution < -0.4 is 19.9 Å². The van der Waals surface area contributed by atoms with Crippen LogP contribution in [0.5, 0.6) is 11.5 Å². The van der Waals surface area contributed by atoms with Crippen molar-refractivity contribution in [2.75, 3.05) is 11.9 Å². The van der Waals surface area contributed by atoms with Gasteiger partial charge in [0, 0.05) is 12.5 Å². The lowest BCUT2D eigenvalue weighted by Crippen LogP contribution is -2.26. The number of carboxylic acids is 1. The van der Waals surface area contributed by atoms with E-state index in [0.29, 0.717) is 10.8 Å². The normalized spacial score (nSPS) is 10.0. The van der Waals surface area contributed by atoms with Gasteiger partial charge in [-0.1, -0.05) is 23.7 Å². The molecule has 2 aromatic rings. The fourth-order valence-corrected chi connectivity index (χ4v) is 2.11. The predicted octanol–water partition coefficient (Wildman–Crippen LogP) is 1.65. The Bertz CT molecular complexity index is 821. The Balaban J connectivity index is 2.08. The quantitative estimate of drug-likeness (QED) is 0.618. The van der Waals surface area contributed by atoms with E-state index in [4.69, 9.17) is 21.1 Å². The van der Waals surface area contributed by atoms with Crippen molar-refractivity contribution in [2.45, 2.75) is 6.92 Å². The smallest absolute Gasteiger partial charge is 0.308 e. The molecule has 1 amide bonds. The van der Waals surface area contributed by atoms with Gasteiger partial charge in [-0.2, -0.15) is 0 Å². The number of aromatic carboxylic acids is 1. The number of carbonyl (C=O) groups is 3. The van der Waals surface area contributed by atoms with E-state index in [9.17, 15) is 19.5 Å². The van der Waals surface area contributed by atoms with E-state index in [1.807, 2.05) is 0 Å². The summed E-state index contributed by atoms with van der Waals surface area (Å²) < 4.78 is 10.1. The second-order valence-corrected chi connectivity index (χ2v) is 5.26. The topological polar surface area (TPSA) is 105 Å². The average Bonchev–Trinajstić information content (AvgIpc) is 2.55. The van der Waals surface area contributed by atoms with Crippen LogP contribution in [0.4, 0.5) is 5.69 Å². The number of hydrogen-bond acceptors (Lipinski definition) is 6.